The van der Waals surface area contributed by atoms with Crippen molar-refractivity contribution in [1.82, 2.24) is 15.5 Å². The molecule has 8 heteroatoms. The number of anilines is 1. The summed E-state index contributed by atoms with van der Waals surface area (Å²) in [6.45, 7) is 7.79. The standard InChI is InChI=1S/C24H32N4O4/c1-16-11-17(2)23(18(3)12-16)27-21(29)14-25-22(30)15-28-8-6-19(7-9-28)24(31)26-13-20-5-4-10-32-20/h4-5,10-12,19H,6-9,13-15H2,1-3H3,(H,25,30)(H,26,31)(H,27,29). The Morgan fingerprint density at radius 3 is 2.34 bits per heavy atom. The molecular weight excluding hydrogens is 408 g/mol. The molecule has 1 aromatic carbocycles. The highest BCUT2D eigenvalue weighted by atomic mass is 16.3. The molecule has 0 aliphatic carbocycles. The van der Waals surface area contributed by atoms with Gasteiger partial charge in [0.2, 0.25) is 17.7 Å². The van der Waals surface area contributed by atoms with Gasteiger partial charge >= 0.3 is 0 Å². The van der Waals surface area contributed by atoms with Crippen molar-refractivity contribution in [2.45, 2.75) is 40.2 Å². The maximum Gasteiger partial charge on any atom is 0.243 e. The van der Waals surface area contributed by atoms with E-state index in [-0.39, 0.29) is 36.7 Å². The highest BCUT2D eigenvalue weighted by molar-refractivity contribution is 5.96. The SMILES string of the molecule is Cc1cc(C)c(NC(=O)CNC(=O)CN2CCC(C(=O)NCc3ccco3)CC2)c(C)c1. The quantitative estimate of drug-likeness (QED) is 0.584. The molecule has 0 atom stereocenters. The molecule has 0 unspecified atom stereocenters. The Labute approximate surface area is 188 Å². The second-order valence-electron chi connectivity index (χ2n) is 8.45. The van der Waals surface area contributed by atoms with Crippen molar-refractivity contribution < 1.29 is 18.8 Å². The second kappa shape index (κ2) is 10.9. The van der Waals surface area contributed by atoms with Crippen molar-refractivity contribution in [3.63, 3.8) is 0 Å². The van der Waals surface area contributed by atoms with Gasteiger partial charge in [0.15, 0.2) is 0 Å². The molecular formula is C24H32N4O4. The smallest absolute Gasteiger partial charge is 0.243 e. The van der Waals surface area contributed by atoms with Gasteiger partial charge < -0.3 is 20.4 Å². The Morgan fingerprint density at radius 2 is 1.72 bits per heavy atom. The van der Waals surface area contributed by atoms with Gasteiger partial charge in [0.25, 0.3) is 0 Å². The Morgan fingerprint density at radius 1 is 1.03 bits per heavy atom. The molecule has 1 fully saturated rings. The van der Waals surface area contributed by atoms with Crippen LogP contribution in [0.25, 0.3) is 0 Å². The van der Waals surface area contributed by atoms with Crippen molar-refractivity contribution in [3.05, 3.63) is 53.0 Å². The number of rotatable bonds is 8. The van der Waals surface area contributed by atoms with E-state index in [1.807, 2.05) is 43.9 Å². The first-order valence-electron chi connectivity index (χ1n) is 11.0. The summed E-state index contributed by atoms with van der Waals surface area (Å²) in [4.78, 5) is 38.9. The monoisotopic (exact) mass is 440 g/mol. The third-order valence-electron chi connectivity index (χ3n) is 5.73. The Balaban J connectivity index is 1.35. The summed E-state index contributed by atoms with van der Waals surface area (Å²) in [6, 6.07) is 7.65. The van der Waals surface area contributed by atoms with E-state index < -0.39 is 0 Å². The van der Waals surface area contributed by atoms with Crippen LogP contribution in [0.4, 0.5) is 5.69 Å². The minimum atomic E-state index is -0.250. The first kappa shape index (κ1) is 23.5. The van der Waals surface area contributed by atoms with Crippen LogP contribution >= 0.6 is 0 Å². The zero-order valence-electron chi connectivity index (χ0n) is 19.0. The number of piperidine rings is 1. The fourth-order valence-electron chi connectivity index (χ4n) is 4.08. The normalized spacial score (nSPS) is 14.7. The summed E-state index contributed by atoms with van der Waals surface area (Å²) in [5.41, 5.74) is 3.93. The van der Waals surface area contributed by atoms with Crippen LogP contribution in [0.15, 0.2) is 34.9 Å². The van der Waals surface area contributed by atoms with Crippen molar-refractivity contribution >= 4 is 23.4 Å². The van der Waals surface area contributed by atoms with Gasteiger partial charge in [-0.2, -0.15) is 0 Å². The van der Waals surface area contributed by atoms with E-state index in [9.17, 15) is 14.4 Å². The first-order chi connectivity index (χ1) is 15.3. The molecule has 8 nitrogen and oxygen atoms in total. The van der Waals surface area contributed by atoms with Crippen LogP contribution in [-0.2, 0) is 20.9 Å². The van der Waals surface area contributed by atoms with Gasteiger partial charge in [-0.25, -0.2) is 0 Å². The summed E-state index contributed by atoms with van der Waals surface area (Å²) >= 11 is 0. The van der Waals surface area contributed by atoms with E-state index in [1.54, 1.807) is 12.3 Å². The van der Waals surface area contributed by atoms with Crippen molar-refractivity contribution in [2.24, 2.45) is 5.92 Å². The molecule has 0 spiro atoms. The maximum absolute atomic E-state index is 12.3. The van der Waals surface area contributed by atoms with Crippen LogP contribution < -0.4 is 16.0 Å². The number of likely N-dealkylation sites (tertiary alicyclic amines) is 1. The fourth-order valence-corrected chi connectivity index (χ4v) is 4.08. The molecule has 1 saturated heterocycles. The van der Waals surface area contributed by atoms with E-state index in [0.29, 0.717) is 32.5 Å². The summed E-state index contributed by atoms with van der Waals surface area (Å²) in [7, 11) is 0. The predicted molar refractivity (Wildman–Crippen MR) is 122 cm³/mol. The lowest BCUT2D eigenvalue weighted by atomic mass is 9.96. The number of carbonyl (C=O) groups is 3. The molecule has 0 bridgehead atoms. The number of hydrogen-bond acceptors (Lipinski definition) is 5. The average Bonchev–Trinajstić information content (AvgIpc) is 3.27. The molecule has 3 amide bonds. The summed E-state index contributed by atoms with van der Waals surface area (Å²) in [6.07, 6.45) is 2.98. The van der Waals surface area contributed by atoms with Gasteiger partial charge in [0.05, 0.1) is 25.9 Å². The van der Waals surface area contributed by atoms with Gasteiger partial charge in [-0.3, -0.25) is 19.3 Å². The van der Waals surface area contributed by atoms with Crippen molar-refractivity contribution in [2.75, 3.05) is 31.5 Å². The molecule has 0 saturated carbocycles. The lowest BCUT2D eigenvalue weighted by Crippen LogP contribution is -2.45. The molecule has 3 rings (SSSR count). The zero-order valence-corrected chi connectivity index (χ0v) is 19.0. The van der Waals surface area contributed by atoms with E-state index >= 15 is 0 Å². The second-order valence-corrected chi connectivity index (χ2v) is 8.45. The van der Waals surface area contributed by atoms with E-state index in [0.717, 1.165) is 28.1 Å². The van der Waals surface area contributed by atoms with E-state index in [2.05, 4.69) is 16.0 Å². The van der Waals surface area contributed by atoms with E-state index in [1.165, 1.54) is 0 Å². The zero-order chi connectivity index (χ0) is 23.1. The summed E-state index contributed by atoms with van der Waals surface area (Å²) in [5, 5.41) is 8.47. The fraction of sp³-hybridized carbons (Fsp3) is 0.458. The number of aryl methyl sites for hydroxylation is 3. The predicted octanol–water partition coefficient (Wildman–Crippen LogP) is 2.29. The molecule has 1 aliphatic rings. The van der Waals surface area contributed by atoms with Crippen LogP contribution in [0.1, 0.15) is 35.3 Å². The van der Waals surface area contributed by atoms with Crippen molar-refractivity contribution in [1.29, 1.82) is 0 Å². The maximum atomic E-state index is 12.3. The first-order valence-corrected chi connectivity index (χ1v) is 11.0. The minimum Gasteiger partial charge on any atom is -0.467 e. The van der Waals surface area contributed by atoms with Crippen molar-refractivity contribution in [3.8, 4) is 0 Å². The number of carbonyl (C=O) groups excluding carboxylic acids is 3. The molecule has 32 heavy (non-hydrogen) atoms. The lowest BCUT2D eigenvalue weighted by molar-refractivity contribution is -0.127. The number of amides is 3. The number of hydrogen-bond donors (Lipinski definition) is 3. The third kappa shape index (κ3) is 6.68. The van der Waals surface area contributed by atoms with Gasteiger partial charge in [0.1, 0.15) is 5.76 Å². The Bertz CT molecular complexity index is 924. The molecule has 1 aliphatic heterocycles. The van der Waals surface area contributed by atoms with E-state index in [4.69, 9.17) is 4.42 Å². The number of nitrogens with one attached hydrogen (secondary N) is 3. The van der Waals surface area contributed by atoms with Crippen LogP contribution in [0, 0.1) is 26.7 Å². The topological polar surface area (TPSA) is 104 Å². The van der Waals surface area contributed by atoms with Gasteiger partial charge in [0, 0.05) is 11.6 Å². The molecule has 2 aromatic rings. The van der Waals surface area contributed by atoms with Gasteiger partial charge in [-0.15, -0.1) is 0 Å². The Hall–Kier alpha value is -3.13. The van der Waals surface area contributed by atoms with Crippen LogP contribution in [0.5, 0.6) is 0 Å². The average molecular weight is 441 g/mol. The molecule has 0 radical (unpaired) electrons. The summed E-state index contributed by atoms with van der Waals surface area (Å²) in [5.74, 6) is 0.239. The largest absolute Gasteiger partial charge is 0.467 e. The van der Waals surface area contributed by atoms with Crippen LogP contribution in [-0.4, -0.2) is 48.8 Å². The van der Waals surface area contributed by atoms with Crippen LogP contribution in [0.3, 0.4) is 0 Å². The molecule has 3 N–H and O–H groups in total. The number of benzene rings is 1. The molecule has 172 valence electrons. The molecule has 2 heterocycles. The number of nitrogens with zero attached hydrogens (tertiary/aromatic N) is 1. The lowest BCUT2D eigenvalue weighted by Gasteiger charge is -2.30. The Kier molecular flexibility index (Phi) is 8.05. The summed E-state index contributed by atoms with van der Waals surface area (Å²) < 4.78 is 5.23. The highest BCUT2D eigenvalue weighted by Crippen LogP contribution is 2.21. The molecule has 1 aromatic heterocycles. The minimum absolute atomic E-state index is 0.0175. The third-order valence-corrected chi connectivity index (χ3v) is 5.73. The highest BCUT2D eigenvalue weighted by Gasteiger charge is 2.26. The van der Waals surface area contributed by atoms with Gasteiger partial charge in [-0.05, 0) is 70.0 Å². The number of furan rings is 1. The van der Waals surface area contributed by atoms with Crippen LogP contribution in [0.2, 0.25) is 0 Å². The van der Waals surface area contributed by atoms with Gasteiger partial charge in [-0.1, -0.05) is 17.7 Å².